The van der Waals surface area contributed by atoms with Crippen molar-refractivity contribution in [3.63, 3.8) is 0 Å². The zero-order valence-electron chi connectivity index (χ0n) is 8.72. The van der Waals surface area contributed by atoms with Gasteiger partial charge in [0.25, 0.3) is 0 Å². The Kier molecular flexibility index (Phi) is 3.61. The van der Waals surface area contributed by atoms with Crippen molar-refractivity contribution >= 4 is 34.7 Å². The Labute approximate surface area is 108 Å². The van der Waals surface area contributed by atoms with Gasteiger partial charge >= 0.3 is 0 Å². The van der Waals surface area contributed by atoms with Crippen LogP contribution in [0.1, 0.15) is 0 Å². The number of nitrogens with two attached hydrogens (primary N) is 1. The van der Waals surface area contributed by atoms with E-state index in [1.165, 1.54) is 6.33 Å². The number of rotatable bonds is 3. The highest BCUT2D eigenvalue weighted by molar-refractivity contribution is 6.32. The molecule has 1 aromatic heterocycles. The summed E-state index contributed by atoms with van der Waals surface area (Å²) in [6.07, 6.45) is 3.01. The number of aliphatic imine (C=N–C) groups is 1. The van der Waals surface area contributed by atoms with E-state index >= 15 is 0 Å². The van der Waals surface area contributed by atoms with E-state index in [0.29, 0.717) is 16.5 Å². The highest BCUT2D eigenvalue weighted by atomic mass is 35.5. The molecule has 2 N–H and O–H groups in total. The molecule has 0 amide bonds. The molecule has 1 heterocycles. The first-order valence-corrected chi connectivity index (χ1v) is 5.65. The molecule has 5 nitrogen and oxygen atoms in total. The summed E-state index contributed by atoms with van der Waals surface area (Å²) in [5.41, 5.74) is 6.91. The van der Waals surface area contributed by atoms with E-state index < -0.39 is 0 Å². The van der Waals surface area contributed by atoms with Crippen molar-refractivity contribution in [3.05, 3.63) is 35.9 Å². The van der Waals surface area contributed by atoms with E-state index in [2.05, 4.69) is 15.1 Å². The Bertz CT molecular complexity index is 536. The molecule has 2 aromatic rings. The first-order chi connectivity index (χ1) is 8.20. The van der Waals surface area contributed by atoms with E-state index in [-0.39, 0.29) is 5.88 Å². The van der Waals surface area contributed by atoms with Crippen molar-refractivity contribution in [2.45, 2.75) is 0 Å². The Balaban J connectivity index is 2.36. The molecular formula is C10H9Cl2N5. The lowest BCUT2D eigenvalue weighted by atomic mass is 10.3. The maximum atomic E-state index is 6.12. The smallest absolute Gasteiger partial charge is 0.138 e. The topological polar surface area (TPSA) is 69.1 Å². The average Bonchev–Trinajstić information content (AvgIpc) is 2.82. The first-order valence-electron chi connectivity index (χ1n) is 4.74. The second-order valence-corrected chi connectivity index (χ2v) is 3.89. The number of halogens is 2. The van der Waals surface area contributed by atoms with Gasteiger partial charge in [-0.3, -0.25) is 0 Å². The molecule has 0 saturated carbocycles. The van der Waals surface area contributed by atoms with Gasteiger partial charge in [0.15, 0.2) is 0 Å². The van der Waals surface area contributed by atoms with Gasteiger partial charge in [0.1, 0.15) is 18.5 Å². The van der Waals surface area contributed by atoms with Crippen LogP contribution in [0.4, 0.5) is 5.69 Å². The Morgan fingerprint density at radius 1 is 1.47 bits per heavy atom. The van der Waals surface area contributed by atoms with Gasteiger partial charge in [0, 0.05) is 0 Å². The van der Waals surface area contributed by atoms with Gasteiger partial charge in [0.05, 0.1) is 22.3 Å². The maximum Gasteiger partial charge on any atom is 0.138 e. The van der Waals surface area contributed by atoms with Crippen molar-refractivity contribution in [1.29, 1.82) is 0 Å². The van der Waals surface area contributed by atoms with Crippen LogP contribution in [0.3, 0.4) is 0 Å². The van der Waals surface area contributed by atoms with Crippen LogP contribution in [-0.4, -0.2) is 26.5 Å². The fourth-order valence-electron chi connectivity index (χ4n) is 1.28. The molecule has 0 aliphatic heterocycles. The predicted molar refractivity (Wildman–Crippen MR) is 68.4 cm³/mol. The van der Waals surface area contributed by atoms with Gasteiger partial charge in [-0.1, -0.05) is 11.6 Å². The molecule has 0 fully saturated rings. The van der Waals surface area contributed by atoms with Gasteiger partial charge < -0.3 is 5.73 Å². The second kappa shape index (κ2) is 5.16. The molecule has 0 spiro atoms. The van der Waals surface area contributed by atoms with Crippen molar-refractivity contribution in [2.24, 2.45) is 10.7 Å². The highest BCUT2D eigenvalue weighted by Gasteiger charge is 2.04. The second-order valence-electron chi connectivity index (χ2n) is 3.21. The first kappa shape index (κ1) is 11.9. The van der Waals surface area contributed by atoms with E-state index in [1.54, 1.807) is 29.2 Å². The number of alkyl halides is 1. The minimum atomic E-state index is 0.183. The Morgan fingerprint density at radius 2 is 2.29 bits per heavy atom. The number of hydrogen-bond acceptors (Lipinski definition) is 3. The molecule has 2 rings (SSSR count). The van der Waals surface area contributed by atoms with Gasteiger partial charge in [0.2, 0.25) is 0 Å². The number of nitrogens with zero attached hydrogens (tertiary/aromatic N) is 4. The monoisotopic (exact) mass is 269 g/mol. The summed E-state index contributed by atoms with van der Waals surface area (Å²) < 4.78 is 1.57. The molecule has 0 bridgehead atoms. The molecular weight excluding hydrogens is 261 g/mol. The standard InChI is InChI=1S/C10H9Cl2N5/c11-4-10(13)16-7-1-2-9(8(12)3-7)17-6-14-5-15-17/h1-3,5-6H,4H2,(H2,13,16). The van der Waals surface area contributed by atoms with Crippen LogP contribution in [0.5, 0.6) is 0 Å². The predicted octanol–water partition coefficient (Wildman–Crippen LogP) is 2.15. The van der Waals surface area contributed by atoms with Crippen LogP contribution >= 0.6 is 23.2 Å². The van der Waals surface area contributed by atoms with E-state index in [4.69, 9.17) is 28.9 Å². The molecule has 0 saturated heterocycles. The fourth-order valence-corrected chi connectivity index (χ4v) is 1.60. The number of aromatic nitrogens is 3. The van der Waals surface area contributed by atoms with Crippen LogP contribution in [0.15, 0.2) is 35.8 Å². The summed E-state index contributed by atoms with van der Waals surface area (Å²) in [6.45, 7) is 0. The molecule has 7 heteroatoms. The fraction of sp³-hybridized carbons (Fsp3) is 0.100. The summed E-state index contributed by atoms with van der Waals surface area (Å²) in [6, 6.07) is 5.26. The summed E-state index contributed by atoms with van der Waals surface area (Å²) >= 11 is 11.7. The molecule has 0 unspecified atom stereocenters. The molecule has 0 atom stereocenters. The maximum absolute atomic E-state index is 6.12. The number of amidine groups is 1. The largest absolute Gasteiger partial charge is 0.386 e. The molecule has 17 heavy (non-hydrogen) atoms. The summed E-state index contributed by atoms with van der Waals surface area (Å²) in [5, 5.41) is 4.51. The van der Waals surface area contributed by atoms with E-state index in [9.17, 15) is 0 Å². The van der Waals surface area contributed by atoms with Gasteiger partial charge in [-0.25, -0.2) is 14.7 Å². The zero-order valence-corrected chi connectivity index (χ0v) is 10.2. The van der Waals surface area contributed by atoms with Crippen molar-refractivity contribution in [3.8, 4) is 5.69 Å². The third kappa shape index (κ3) is 2.75. The van der Waals surface area contributed by atoms with Crippen molar-refractivity contribution < 1.29 is 0 Å². The zero-order chi connectivity index (χ0) is 12.3. The van der Waals surface area contributed by atoms with Crippen LogP contribution in [0.2, 0.25) is 5.02 Å². The van der Waals surface area contributed by atoms with Gasteiger partial charge in [-0.15, -0.1) is 11.6 Å². The summed E-state index contributed by atoms with van der Waals surface area (Å²) in [5.74, 6) is 0.527. The minimum absolute atomic E-state index is 0.183. The molecule has 88 valence electrons. The lowest BCUT2D eigenvalue weighted by Crippen LogP contribution is -2.12. The van der Waals surface area contributed by atoms with Crippen molar-refractivity contribution in [2.75, 3.05) is 5.88 Å². The van der Waals surface area contributed by atoms with Gasteiger partial charge in [-0.2, -0.15) is 5.10 Å². The quantitative estimate of drug-likeness (QED) is 0.527. The number of hydrogen-bond donors (Lipinski definition) is 1. The van der Waals surface area contributed by atoms with E-state index in [0.717, 1.165) is 5.69 Å². The van der Waals surface area contributed by atoms with Crippen molar-refractivity contribution in [1.82, 2.24) is 14.8 Å². The molecule has 0 radical (unpaired) electrons. The van der Waals surface area contributed by atoms with Crippen LogP contribution in [-0.2, 0) is 0 Å². The molecule has 0 aliphatic rings. The molecule has 0 aliphatic carbocycles. The summed E-state index contributed by atoms with van der Waals surface area (Å²) in [4.78, 5) is 7.95. The third-order valence-corrected chi connectivity index (χ3v) is 2.58. The molecule has 1 aromatic carbocycles. The number of benzene rings is 1. The lowest BCUT2D eigenvalue weighted by molar-refractivity contribution is 0.879. The van der Waals surface area contributed by atoms with Crippen LogP contribution < -0.4 is 5.73 Å². The Morgan fingerprint density at radius 3 is 2.88 bits per heavy atom. The highest BCUT2D eigenvalue weighted by Crippen LogP contribution is 2.25. The lowest BCUT2D eigenvalue weighted by Gasteiger charge is -2.04. The normalized spacial score (nSPS) is 11.8. The van der Waals surface area contributed by atoms with Crippen LogP contribution in [0.25, 0.3) is 5.69 Å². The van der Waals surface area contributed by atoms with Crippen LogP contribution in [0, 0.1) is 0 Å². The summed E-state index contributed by atoms with van der Waals surface area (Å²) in [7, 11) is 0. The van der Waals surface area contributed by atoms with Gasteiger partial charge in [-0.05, 0) is 18.2 Å². The SMILES string of the molecule is NC(CCl)=Nc1ccc(-n2cncn2)c(Cl)c1. The average molecular weight is 270 g/mol. The Hall–Kier alpha value is -1.59. The minimum Gasteiger partial charge on any atom is -0.386 e. The third-order valence-electron chi connectivity index (χ3n) is 2.01. The van der Waals surface area contributed by atoms with E-state index in [1.807, 2.05) is 0 Å².